The van der Waals surface area contributed by atoms with E-state index in [1.807, 2.05) is 121 Å². The highest BCUT2D eigenvalue weighted by Crippen LogP contribution is 2.35. The molecule has 0 radical (unpaired) electrons. The van der Waals surface area contributed by atoms with Crippen LogP contribution < -0.4 is 0 Å². The normalized spacial score (nSPS) is 28.7. The number of esters is 1. The monoisotopic (exact) mass is 892 g/mol. The third kappa shape index (κ3) is 12.3. The number of hydrogen-bond donors (Lipinski definition) is 2. The standard InChI is InChI=1S/C51H56O14/c1-55-49-46(58-30-36-21-11-4-12-22-36)43(56-28-34-17-7-2-8-18-34)40(63-49)32-61-51-47(59-31-37-23-13-5-14-24-37)44(57-29-35-19-9-3-10-20-35)41(64-51)33-60-50-45(42(53)39(27-52)62-50)65-48(54)38-25-15-6-16-26-38/h2-26,39-47,49-53H,27-33H2,1H3/t39-,40-,41-,42-,43-,44-,45+,46+,47+,49+,50+,51+/m1/s1. The number of rotatable bonds is 22. The summed E-state index contributed by atoms with van der Waals surface area (Å²) in [5.41, 5.74) is 4.09. The minimum absolute atomic E-state index is 0.00696. The first kappa shape index (κ1) is 46.6. The molecule has 3 aliphatic heterocycles. The maximum Gasteiger partial charge on any atom is 0.338 e. The predicted molar refractivity (Wildman–Crippen MR) is 234 cm³/mol. The van der Waals surface area contributed by atoms with E-state index in [0.717, 1.165) is 22.3 Å². The van der Waals surface area contributed by atoms with Crippen LogP contribution in [0.5, 0.6) is 0 Å². The summed E-state index contributed by atoms with van der Waals surface area (Å²) in [6.45, 7) is 0.325. The third-order valence-electron chi connectivity index (χ3n) is 11.5. The highest BCUT2D eigenvalue weighted by molar-refractivity contribution is 5.89. The molecule has 3 fully saturated rings. The number of benzene rings is 5. The Morgan fingerprint density at radius 1 is 0.462 bits per heavy atom. The van der Waals surface area contributed by atoms with E-state index in [-0.39, 0.29) is 32.0 Å². The topological polar surface area (TPSA) is 159 Å². The molecule has 14 nitrogen and oxygen atoms in total. The highest BCUT2D eigenvalue weighted by Gasteiger charge is 2.52. The van der Waals surface area contributed by atoms with Gasteiger partial charge in [-0.1, -0.05) is 140 Å². The molecule has 65 heavy (non-hydrogen) atoms. The smallest absolute Gasteiger partial charge is 0.338 e. The molecule has 8 rings (SSSR count). The highest BCUT2D eigenvalue weighted by atomic mass is 16.8. The van der Waals surface area contributed by atoms with Crippen molar-refractivity contribution in [1.29, 1.82) is 0 Å². The van der Waals surface area contributed by atoms with Gasteiger partial charge in [-0.2, -0.15) is 0 Å². The minimum atomic E-state index is -1.37. The van der Waals surface area contributed by atoms with Crippen molar-refractivity contribution in [3.63, 3.8) is 0 Å². The van der Waals surface area contributed by atoms with Crippen LogP contribution in [-0.2, 0) is 78.5 Å². The first-order chi connectivity index (χ1) is 32.0. The Kier molecular flexibility index (Phi) is 16.9. The summed E-state index contributed by atoms with van der Waals surface area (Å²) >= 11 is 0. The Labute approximate surface area is 378 Å². The third-order valence-corrected chi connectivity index (χ3v) is 11.5. The Morgan fingerprint density at radius 2 is 0.815 bits per heavy atom. The van der Waals surface area contributed by atoms with E-state index in [4.69, 9.17) is 52.1 Å². The number of aliphatic hydroxyl groups is 2. The molecular weight excluding hydrogens is 837 g/mol. The lowest BCUT2D eigenvalue weighted by molar-refractivity contribution is -0.222. The summed E-state index contributed by atoms with van der Waals surface area (Å²) in [7, 11) is 1.57. The lowest BCUT2D eigenvalue weighted by Crippen LogP contribution is -2.43. The molecule has 0 aliphatic carbocycles. The summed E-state index contributed by atoms with van der Waals surface area (Å²) in [5, 5.41) is 21.1. The SMILES string of the molecule is CO[C@H]1O[C@H](CO[C@H]2O[C@H](CO[C@H]3O[C@H](CO)[C@@H](O)[C@@H]3OC(=O)c3ccccc3)[C@@H](OCc3ccccc3)[C@@H]2OCc2ccccc2)[C@@H](OCc2ccccc2)[C@@H]1OCc1ccccc1. The molecule has 0 saturated carbocycles. The van der Waals surface area contributed by atoms with Gasteiger partial charge in [-0.25, -0.2) is 4.79 Å². The average Bonchev–Trinajstić information content (AvgIpc) is 3.99. The van der Waals surface area contributed by atoms with Crippen molar-refractivity contribution >= 4 is 5.97 Å². The first-order valence-corrected chi connectivity index (χ1v) is 21.9. The van der Waals surface area contributed by atoms with Crippen LogP contribution in [0.15, 0.2) is 152 Å². The van der Waals surface area contributed by atoms with Crippen molar-refractivity contribution in [3.8, 4) is 0 Å². The van der Waals surface area contributed by atoms with Crippen molar-refractivity contribution in [2.75, 3.05) is 26.9 Å². The number of hydrogen-bond acceptors (Lipinski definition) is 14. The second-order valence-corrected chi connectivity index (χ2v) is 16.0. The number of carbonyl (C=O) groups excluding carboxylic acids is 1. The quantitative estimate of drug-likeness (QED) is 0.0808. The van der Waals surface area contributed by atoms with Crippen LogP contribution in [0.4, 0.5) is 0 Å². The number of ether oxygens (including phenoxy) is 11. The Bertz CT molecular complexity index is 2140. The van der Waals surface area contributed by atoms with Crippen LogP contribution in [0.1, 0.15) is 32.6 Å². The molecule has 0 aromatic heterocycles. The van der Waals surface area contributed by atoms with Gasteiger partial charge in [0.1, 0.15) is 48.8 Å². The van der Waals surface area contributed by atoms with Crippen molar-refractivity contribution in [1.82, 2.24) is 0 Å². The lowest BCUT2D eigenvalue weighted by Gasteiger charge is -2.27. The summed E-state index contributed by atoms with van der Waals surface area (Å²) in [5.74, 6) is -0.682. The maximum absolute atomic E-state index is 13.2. The molecule has 0 unspecified atom stereocenters. The molecule has 14 heteroatoms. The van der Waals surface area contributed by atoms with Gasteiger partial charge in [0.15, 0.2) is 25.0 Å². The molecule has 3 aliphatic rings. The zero-order chi connectivity index (χ0) is 44.8. The zero-order valence-corrected chi connectivity index (χ0v) is 36.1. The van der Waals surface area contributed by atoms with Crippen LogP contribution in [-0.4, -0.2) is 117 Å². The Hall–Kier alpha value is -4.91. The van der Waals surface area contributed by atoms with Gasteiger partial charge in [-0.3, -0.25) is 0 Å². The van der Waals surface area contributed by atoms with Crippen molar-refractivity contribution in [2.24, 2.45) is 0 Å². The number of carbonyl (C=O) groups is 1. The summed E-state index contributed by atoms with van der Waals surface area (Å²) in [6, 6.07) is 47.5. The van der Waals surface area contributed by atoms with Crippen molar-refractivity contribution in [2.45, 2.75) is 100 Å². The lowest BCUT2D eigenvalue weighted by atomic mass is 10.1. The van der Waals surface area contributed by atoms with E-state index < -0.39 is 86.4 Å². The van der Waals surface area contributed by atoms with Gasteiger partial charge >= 0.3 is 5.97 Å². The summed E-state index contributed by atoms with van der Waals surface area (Å²) in [4.78, 5) is 13.2. The molecule has 3 heterocycles. The summed E-state index contributed by atoms with van der Waals surface area (Å²) in [6.07, 6.45) is -11.0. The van der Waals surface area contributed by atoms with E-state index in [0.29, 0.717) is 13.2 Å². The van der Waals surface area contributed by atoms with Crippen LogP contribution in [0.25, 0.3) is 0 Å². The molecule has 5 aromatic rings. The Morgan fingerprint density at radius 3 is 1.23 bits per heavy atom. The molecule has 3 saturated heterocycles. The van der Waals surface area contributed by atoms with Gasteiger partial charge in [-0.15, -0.1) is 0 Å². The van der Waals surface area contributed by atoms with Crippen molar-refractivity contribution in [3.05, 3.63) is 179 Å². The molecule has 344 valence electrons. The minimum Gasteiger partial charge on any atom is -0.450 e. The van der Waals surface area contributed by atoms with Gasteiger partial charge in [0, 0.05) is 7.11 Å². The fourth-order valence-electron chi connectivity index (χ4n) is 8.06. The van der Waals surface area contributed by atoms with Crippen LogP contribution in [0.3, 0.4) is 0 Å². The summed E-state index contributed by atoms with van der Waals surface area (Å²) < 4.78 is 69.9. The second-order valence-electron chi connectivity index (χ2n) is 16.0. The van der Waals surface area contributed by atoms with E-state index >= 15 is 0 Å². The number of aliphatic hydroxyl groups excluding tert-OH is 2. The molecular formula is C51H56O14. The van der Waals surface area contributed by atoms with Crippen LogP contribution in [0.2, 0.25) is 0 Å². The van der Waals surface area contributed by atoms with Gasteiger partial charge < -0.3 is 62.3 Å². The van der Waals surface area contributed by atoms with Crippen molar-refractivity contribution < 1.29 is 67.1 Å². The fourth-order valence-corrected chi connectivity index (χ4v) is 8.06. The zero-order valence-electron chi connectivity index (χ0n) is 36.1. The maximum atomic E-state index is 13.2. The predicted octanol–water partition coefficient (Wildman–Crippen LogP) is 5.76. The molecule has 0 spiro atoms. The van der Waals surface area contributed by atoms with Gasteiger partial charge in [-0.05, 0) is 34.4 Å². The molecule has 0 bridgehead atoms. The van der Waals surface area contributed by atoms with Gasteiger partial charge in [0.2, 0.25) is 0 Å². The van der Waals surface area contributed by atoms with Gasteiger partial charge in [0.25, 0.3) is 0 Å². The fraction of sp³-hybridized carbons (Fsp3) is 0.392. The number of methoxy groups -OCH3 is 1. The van der Waals surface area contributed by atoms with E-state index in [9.17, 15) is 15.0 Å². The molecule has 5 aromatic carbocycles. The largest absolute Gasteiger partial charge is 0.450 e. The average molecular weight is 893 g/mol. The molecule has 2 N–H and O–H groups in total. The second kappa shape index (κ2) is 23.5. The molecule has 0 amide bonds. The van der Waals surface area contributed by atoms with Crippen LogP contribution in [0, 0.1) is 0 Å². The van der Waals surface area contributed by atoms with E-state index in [1.165, 1.54) is 0 Å². The van der Waals surface area contributed by atoms with E-state index in [2.05, 4.69) is 0 Å². The van der Waals surface area contributed by atoms with Crippen LogP contribution >= 0.6 is 0 Å². The first-order valence-electron chi connectivity index (χ1n) is 21.9. The van der Waals surface area contributed by atoms with E-state index in [1.54, 1.807) is 37.4 Å². The Balaban J connectivity index is 1.03. The van der Waals surface area contributed by atoms with Gasteiger partial charge in [0.05, 0.1) is 51.8 Å². The molecule has 12 atom stereocenters.